The van der Waals surface area contributed by atoms with Gasteiger partial charge in [0.15, 0.2) is 0 Å². The van der Waals surface area contributed by atoms with Crippen LogP contribution in [0.4, 0.5) is 0 Å². The molecule has 31 heavy (non-hydrogen) atoms. The fraction of sp³-hybridized carbons (Fsp3) is 0.556. The van der Waals surface area contributed by atoms with Crippen LogP contribution in [-0.2, 0) is 9.31 Å². The number of fused-ring (bicyclic) bond motifs is 1. The Balaban J connectivity index is 2.18. The SMILES string of the molecule is CC(C)[Si](C#Cc1cccc2c[c]cc(B3OC(C)(C)C(C)(C)O3)c12)(C(C)C)C(C)C. The van der Waals surface area contributed by atoms with E-state index in [0.29, 0.717) is 16.6 Å². The predicted molar refractivity (Wildman–Crippen MR) is 136 cm³/mol. The number of hydrogen-bond acceptors (Lipinski definition) is 2. The molecule has 0 aromatic heterocycles. The van der Waals surface area contributed by atoms with Crippen LogP contribution in [0.25, 0.3) is 10.8 Å². The smallest absolute Gasteiger partial charge is 0.399 e. The topological polar surface area (TPSA) is 18.5 Å². The van der Waals surface area contributed by atoms with Crippen LogP contribution >= 0.6 is 0 Å². The second-order valence-corrected chi connectivity index (χ2v) is 16.5. The molecule has 0 spiro atoms. The van der Waals surface area contributed by atoms with E-state index in [1.54, 1.807) is 0 Å². The van der Waals surface area contributed by atoms with Gasteiger partial charge >= 0.3 is 7.12 Å². The maximum absolute atomic E-state index is 6.39. The fourth-order valence-corrected chi connectivity index (χ4v) is 10.4. The average Bonchev–Trinajstić information content (AvgIpc) is 2.88. The van der Waals surface area contributed by atoms with Gasteiger partial charge in [0.05, 0.1) is 11.2 Å². The fourth-order valence-electron chi connectivity index (χ4n) is 5.17. The standard InChI is InChI=1S/C27H38BO2Si/c1-19(2)31(20(3)4,21(5)6)18-17-23-14-11-13-22-15-12-16-24(25(22)23)28-29-26(7,8)27(9,10)30-28/h11,13-16,19-21H,1-10H3. The summed E-state index contributed by atoms with van der Waals surface area (Å²) in [5.74, 6) is 3.66. The van der Waals surface area contributed by atoms with Crippen LogP contribution in [0.15, 0.2) is 30.3 Å². The van der Waals surface area contributed by atoms with E-state index in [-0.39, 0.29) is 11.2 Å². The first-order chi connectivity index (χ1) is 14.3. The van der Waals surface area contributed by atoms with Crippen molar-refractivity contribution < 1.29 is 9.31 Å². The molecule has 165 valence electrons. The molecule has 2 nitrogen and oxygen atoms in total. The largest absolute Gasteiger partial charge is 0.495 e. The zero-order valence-electron chi connectivity index (χ0n) is 21.0. The number of hydrogen-bond donors (Lipinski definition) is 0. The summed E-state index contributed by atoms with van der Waals surface area (Å²) in [5.41, 5.74) is 7.02. The highest BCUT2D eigenvalue weighted by Gasteiger charge is 2.52. The summed E-state index contributed by atoms with van der Waals surface area (Å²) in [7, 11) is -2.25. The third-order valence-corrected chi connectivity index (χ3v) is 13.9. The van der Waals surface area contributed by atoms with E-state index in [1.807, 2.05) is 12.1 Å². The van der Waals surface area contributed by atoms with Crippen LogP contribution in [0.5, 0.6) is 0 Å². The minimum atomic E-state index is -1.82. The van der Waals surface area contributed by atoms with Crippen molar-refractivity contribution in [2.75, 3.05) is 0 Å². The zero-order chi connectivity index (χ0) is 23.2. The lowest BCUT2D eigenvalue weighted by Crippen LogP contribution is -2.43. The quantitative estimate of drug-likeness (QED) is 0.404. The van der Waals surface area contributed by atoms with E-state index in [0.717, 1.165) is 21.8 Å². The van der Waals surface area contributed by atoms with Crippen molar-refractivity contribution in [3.63, 3.8) is 0 Å². The first-order valence-electron chi connectivity index (χ1n) is 11.6. The lowest BCUT2D eigenvalue weighted by atomic mass is 9.75. The van der Waals surface area contributed by atoms with Crippen molar-refractivity contribution in [3.05, 3.63) is 42.0 Å². The van der Waals surface area contributed by atoms with Gasteiger partial charge in [0.25, 0.3) is 0 Å². The molecule has 1 fully saturated rings. The van der Waals surface area contributed by atoms with Crippen molar-refractivity contribution in [2.24, 2.45) is 0 Å². The van der Waals surface area contributed by atoms with Gasteiger partial charge in [-0.05, 0) is 78.8 Å². The maximum Gasteiger partial charge on any atom is 0.495 e. The van der Waals surface area contributed by atoms with Crippen LogP contribution in [0, 0.1) is 17.5 Å². The van der Waals surface area contributed by atoms with Crippen molar-refractivity contribution >= 4 is 31.4 Å². The highest BCUT2D eigenvalue weighted by molar-refractivity contribution is 6.90. The molecule has 2 aromatic carbocycles. The molecule has 2 aromatic rings. The Morgan fingerprint density at radius 1 is 0.871 bits per heavy atom. The highest BCUT2D eigenvalue weighted by atomic mass is 28.3. The van der Waals surface area contributed by atoms with Crippen molar-refractivity contribution in [3.8, 4) is 11.5 Å². The number of benzene rings is 2. The second-order valence-electron chi connectivity index (χ2n) is 10.9. The van der Waals surface area contributed by atoms with E-state index < -0.39 is 15.2 Å². The minimum absolute atomic E-state index is 0.380. The summed E-state index contributed by atoms with van der Waals surface area (Å²) < 4.78 is 12.8. The third kappa shape index (κ3) is 4.13. The van der Waals surface area contributed by atoms with E-state index in [9.17, 15) is 0 Å². The Bertz CT molecular complexity index is 968. The summed E-state index contributed by atoms with van der Waals surface area (Å²) in [6.07, 6.45) is 0. The molecule has 0 atom stereocenters. The van der Waals surface area contributed by atoms with E-state index in [4.69, 9.17) is 9.31 Å². The molecule has 1 radical (unpaired) electrons. The Morgan fingerprint density at radius 2 is 1.42 bits per heavy atom. The summed E-state index contributed by atoms with van der Waals surface area (Å²) in [5, 5.41) is 2.26. The molecule has 0 unspecified atom stereocenters. The molecule has 4 heteroatoms. The van der Waals surface area contributed by atoms with Gasteiger partial charge in [0, 0.05) is 5.56 Å². The van der Waals surface area contributed by atoms with Crippen LogP contribution in [-0.4, -0.2) is 26.4 Å². The Hall–Kier alpha value is -1.54. The first-order valence-corrected chi connectivity index (χ1v) is 13.9. The van der Waals surface area contributed by atoms with Crippen molar-refractivity contribution in [1.82, 2.24) is 0 Å². The van der Waals surface area contributed by atoms with Gasteiger partial charge in [-0.3, -0.25) is 0 Å². The second kappa shape index (κ2) is 8.43. The highest BCUT2D eigenvalue weighted by Crippen LogP contribution is 2.41. The van der Waals surface area contributed by atoms with Gasteiger partial charge in [-0.25, -0.2) is 0 Å². The molecule has 1 aliphatic heterocycles. The molecule has 1 heterocycles. The molecule has 1 saturated heterocycles. The molecular weight excluding hydrogens is 395 g/mol. The molecule has 0 bridgehead atoms. The lowest BCUT2D eigenvalue weighted by Gasteiger charge is -2.38. The molecule has 0 amide bonds. The van der Waals surface area contributed by atoms with E-state index >= 15 is 0 Å². The molecular formula is C27H38BO2Si. The van der Waals surface area contributed by atoms with Crippen LogP contribution in [0.2, 0.25) is 16.6 Å². The lowest BCUT2D eigenvalue weighted by molar-refractivity contribution is 0.00578. The third-order valence-electron chi connectivity index (χ3n) is 7.65. The maximum atomic E-state index is 6.39. The van der Waals surface area contributed by atoms with Gasteiger partial charge in [-0.2, -0.15) is 0 Å². The molecule has 0 N–H and O–H groups in total. The van der Waals surface area contributed by atoms with Crippen LogP contribution in [0.1, 0.15) is 74.8 Å². The Labute approximate surface area is 191 Å². The van der Waals surface area contributed by atoms with Crippen molar-refractivity contribution in [1.29, 1.82) is 0 Å². The Kier molecular flexibility index (Phi) is 6.56. The predicted octanol–water partition coefficient (Wildman–Crippen LogP) is 6.51. The van der Waals surface area contributed by atoms with Crippen LogP contribution in [0.3, 0.4) is 0 Å². The summed E-state index contributed by atoms with van der Waals surface area (Å²) in [4.78, 5) is 0. The summed E-state index contributed by atoms with van der Waals surface area (Å²) in [6.45, 7) is 22.5. The van der Waals surface area contributed by atoms with Gasteiger partial charge in [-0.1, -0.05) is 65.7 Å². The minimum Gasteiger partial charge on any atom is -0.399 e. The van der Waals surface area contributed by atoms with Gasteiger partial charge < -0.3 is 9.31 Å². The normalized spacial score (nSPS) is 18.2. The Morgan fingerprint density at radius 3 is 1.94 bits per heavy atom. The van der Waals surface area contributed by atoms with Gasteiger partial charge in [0.2, 0.25) is 0 Å². The van der Waals surface area contributed by atoms with E-state index in [1.165, 1.54) is 0 Å². The van der Waals surface area contributed by atoms with Gasteiger partial charge in [-0.15, -0.1) is 5.54 Å². The van der Waals surface area contributed by atoms with Gasteiger partial charge in [0.1, 0.15) is 8.07 Å². The molecule has 0 aliphatic carbocycles. The molecule has 1 aliphatic rings. The number of rotatable bonds is 4. The summed E-state index contributed by atoms with van der Waals surface area (Å²) >= 11 is 0. The molecule has 3 rings (SSSR count). The zero-order valence-corrected chi connectivity index (χ0v) is 22.0. The van der Waals surface area contributed by atoms with Crippen molar-refractivity contribution in [2.45, 2.75) is 97.1 Å². The first kappa shape index (κ1) is 24.1. The average molecular weight is 433 g/mol. The monoisotopic (exact) mass is 433 g/mol. The summed E-state index contributed by atoms with van der Waals surface area (Å²) in [6, 6.07) is 13.7. The van der Waals surface area contributed by atoms with E-state index in [2.05, 4.69) is 105 Å². The van der Waals surface area contributed by atoms with Crippen LogP contribution < -0.4 is 5.46 Å². The molecule has 0 saturated carbocycles.